The van der Waals surface area contributed by atoms with Crippen LogP contribution in [0.25, 0.3) is 5.69 Å². The molecule has 8 heteroatoms. The maximum Gasteiger partial charge on any atom is 0.257 e. The van der Waals surface area contributed by atoms with Gasteiger partial charge in [0.25, 0.3) is 5.91 Å². The van der Waals surface area contributed by atoms with Crippen LogP contribution in [0.5, 0.6) is 0 Å². The van der Waals surface area contributed by atoms with Crippen LogP contribution in [0.4, 0.5) is 0 Å². The van der Waals surface area contributed by atoms with E-state index in [0.29, 0.717) is 17.1 Å². The van der Waals surface area contributed by atoms with E-state index in [1.807, 2.05) is 40.0 Å². The van der Waals surface area contributed by atoms with Gasteiger partial charge in [-0.1, -0.05) is 23.7 Å². The van der Waals surface area contributed by atoms with Gasteiger partial charge in [-0.3, -0.25) is 14.4 Å². The van der Waals surface area contributed by atoms with Crippen LogP contribution in [0, 0.1) is 0 Å². The second kappa shape index (κ2) is 8.80. The Morgan fingerprint density at radius 3 is 2.72 bits per heavy atom. The van der Waals surface area contributed by atoms with Crippen molar-refractivity contribution in [3.63, 3.8) is 0 Å². The van der Waals surface area contributed by atoms with E-state index in [1.165, 1.54) is 5.56 Å². The van der Waals surface area contributed by atoms with Crippen molar-refractivity contribution in [1.29, 1.82) is 0 Å². The Morgan fingerprint density at radius 1 is 1.07 bits per heavy atom. The van der Waals surface area contributed by atoms with Crippen LogP contribution in [-0.4, -0.2) is 61.4 Å². The molecule has 152 valence electrons. The van der Waals surface area contributed by atoms with E-state index in [-0.39, 0.29) is 5.91 Å². The molecule has 1 amide bonds. The monoisotopic (exact) mass is 412 g/mol. The molecule has 0 spiro atoms. The Balaban J connectivity index is 1.39. The summed E-state index contributed by atoms with van der Waals surface area (Å²) in [7, 11) is 0. The first-order valence-corrected chi connectivity index (χ1v) is 10.3. The minimum absolute atomic E-state index is 0.0176. The summed E-state index contributed by atoms with van der Waals surface area (Å²) < 4.78 is 3.60. The number of carbonyl (C=O) groups excluding carboxylic acids is 1. The smallest absolute Gasteiger partial charge is 0.257 e. The van der Waals surface area contributed by atoms with Gasteiger partial charge in [0.15, 0.2) is 0 Å². The van der Waals surface area contributed by atoms with Gasteiger partial charge in [-0.05, 0) is 25.5 Å². The number of halogens is 1. The normalized spacial score (nSPS) is 15.4. The number of hydrogen-bond acceptors (Lipinski definition) is 4. The maximum absolute atomic E-state index is 13.0. The number of aryl methyl sites for hydroxylation is 1. The Hall–Kier alpha value is -2.64. The van der Waals surface area contributed by atoms with Crippen LogP contribution in [0.2, 0.25) is 5.02 Å². The molecular formula is C21H25ClN6O. The predicted molar refractivity (Wildman–Crippen MR) is 112 cm³/mol. The third kappa shape index (κ3) is 4.52. The average molecular weight is 413 g/mol. The SMILES string of the molecule is CCn1cc(CN2CCCN(C(=O)c3cnn(-c4ccccc4Cl)c3)CC2)cn1. The standard InChI is InChI=1S/C21H25ClN6O/c1-2-27-15-17(12-23-27)14-25-8-5-9-26(11-10-25)21(29)18-13-24-28(16-18)20-7-4-3-6-19(20)22/h3-4,6-7,12-13,15-16H,2,5,8-11,14H2,1H3. The molecule has 1 fully saturated rings. The first-order chi connectivity index (χ1) is 14.1. The van der Waals surface area contributed by atoms with Crippen molar-refractivity contribution in [2.24, 2.45) is 0 Å². The largest absolute Gasteiger partial charge is 0.337 e. The van der Waals surface area contributed by atoms with Gasteiger partial charge in [0, 0.05) is 57.2 Å². The van der Waals surface area contributed by atoms with Crippen LogP contribution in [0.1, 0.15) is 29.3 Å². The zero-order valence-corrected chi connectivity index (χ0v) is 17.3. The third-order valence-electron chi connectivity index (χ3n) is 5.22. The van der Waals surface area contributed by atoms with Gasteiger partial charge in [0.2, 0.25) is 0 Å². The fourth-order valence-electron chi connectivity index (χ4n) is 3.64. The molecule has 29 heavy (non-hydrogen) atoms. The van der Waals surface area contributed by atoms with Crippen molar-refractivity contribution < 1.29 is 4.79 Å². The molecule has 0 saturated carbocycles. The highest BCUT2D eigenvalue weighted by atomic mass is 35.5. The van der Waals surface area contributed by atoms with E-state index in [9.17, 15) is 4.79 Å². The van der Waals surface area contributed by atoms with Crippen LogP contribution < -0.4 is 0 Å². The van der Waals surface area contributed by atoms with Gasteiger partial charge in [-0.2, -0.15) is 10.2 Å². The lowest BCUT2D eigenvalue weighted by atomic mass is 10.3. The summed E-state index contributed by atoms with van der Waals surface area (Å²) >= 11 is 6.24. The predicted octanol–water partition coefficient (Wildman–Crippen LogP) is 3.09. The lowest BCUT2D eigenvalue weighted by Gasteiger charge is -2.21. The number of aromatic nitrogens is 4. The lowest BCUT2D eigenvalue weighted by molar-refractivity contribution is 0.0761. The molecule has 0 unspecified atom stereocenters. The fourth-order valence-corrected chi connectivity index (χ4v) is 3.86. The second-order valence-electron chi connectivity index (χ2n) is 7.25. The Labute approximate surface area is 175 Å². The summed E-state index contributed by atoms with van der Waals surface area (Å²) in [6.07, 6.45) is 8.35. The summed E-state index contributed by atoms with van der Waals surface area (Å²) in [5.41, 5.74) is 2.57. The first kappa shape index (κ1) is 19.7. The Morgan fingerprint density at radius 2 is 1.93 bits per heavy atom. The van der Waals surface area contributed by atoms with E-state index >= 15 is 0 Å². The van der Waals surface area contributed by atoms with Gasteiger partial charge in [-0.25, -0.2) is 4.68 Å². The number of hydrogen-bond donors (Lipinski definition) is 0. The van der Waals surface area contributed by atoms with Gasteiger partial charge in [0.05, 0.1) is 28.7 Å². The summed E-state index contributed by atoms with van der Waals surface area (Å²) in [6, 6.07) is 7.47. The van der Waals surface area contributed by atoms with Crippen LogP contribution >= 0.6 is 11.6 Å². The third-order valence-corrected chi connectivity index (χ3v) is 5.54. The molecule has 0 aliphatic carbocycles. The van der Waals surface area contributed by atoms with E-state index < -0.39 is 0 Å². The molecule has 1 aliphatic rings. The molecule has 0 bridgehead atoms. The van der Waals surface area contributed by atoms with E-state index in [2.05, 4.69) is 28.2 Å². The summed E-state index contributed by atoms with van der Waals surface area (Å²) in [6.45, 7) is 7.11. The molecule has 1 aliphatic heterocycles. The highest BCUT2D eigenvalue weighted by molar-refractivity contribution is 6.32. The van der Waals surface area contributed by atoms with E-state index in [0.717, 1.165) is 44.8 Å². The molecular weight excluding hydrogens is 388 g/mol. The zero-order valence-electron chi connectivity index (χ0n) is 16.5. The van der Waals surface area contributed by atoms with Gasteiger partial charge in [0.1, 0.15) is 0 Å². The number of rotatable bonds is 5. The van der Waals surface area contributed by atoms with Crippen molar-refractivity contribution in [2.45, 2.75) is 26.4 Å². The fraction of sp³-hybridized carbons (Fsp3) is 0.381. The highest BCUT2D eigenvalue weighted by Crippen LogP contribution is 2.20. The molecule has 0 radical (unpaired) electrons. The number of carbonyl (C=O) groups is 1. The first-order valence-electron chi connectivity index (χ1n) is 9.96. The second-order valence-corrected chi connectivity index (χ2v) is 7.66. The molecule has 0 atom stereocenters. The molecule has 3 aromatic rings. The van der Waals surface area contributed by atoms with Crippen molar-refractivity contribution >= 4 is 17.5 Å². The topological polar surface area (TPSA) is 59.2 Å². The van der Waals surface area contributed by atoms with E-state index in [1.54, 1.807) is 17.1 Å². The Bertz CT molecular complexity index is 981. The molecule has 1 saturated heterocycles. The van der Waals surface area contributed by atoms with Crippen molar-refractivity contribution in [3.8, 4) is 5.69 Å². The molecule has 4 rings (SSSR count). The number of para-hydroxylation sites is 1. The quantitative estimate of drug-likeness (QED) is 0.646. The van der Waals surface area contributed by atoms with Crippen molar-refractivity contribution in [3.05, 3.63) is 65.2 Å². The van der Waals surface area contributed by atoms with Gasteiger partial charge in [-0.15, -0.1) is 0 Å². The molecule has 3 heterocycles. The molecule has 2 aromatic heterocycles. The number of benzene rings is 1. The van der Waals surface area contributed by atoms with Crippen LogP contribution in [-0.2, 0) is 13.1 Å². The summed E-state index contributed by atoms with van der Waals surface area (Å²) in [4.78, 5) is 17.3. The summed E-state index contributed by atoms with van der Waals surface area (Å²) in [5.74, 6) is 0.0176. The zero-order chi connectivity index (χ0) is 20.2. The maximum atomic E-state index is 13.0. The van der Waals surface area contributed by atoms with Crippen LogP contribution in [0.15, 0.2) is 49.1 Å². The van der Waals surface area contributed by atoms with Crippen molar-refractivity contribution in [2.75, 3.05) is 26.2 Å². The number of amides is 1. The minimum Gasteiger partial charge on any atom is -0.337 e. The molecule has 7 nitrogen and oxygen atoms in total. The molecule has 0 N–H and O–H groups in total. The minimum atomic E-state index is 0.0176. The Kier molecular flexibility index (Phi) is 5.97. The number of nitrogens with zero attached hydrogens (tertiary/aromatic N) is 6. The highest BCUT2D eigenvalue weighted by Gasteiger charge is 2.22. The van der Waals surface area contributed by atoms with E-state index in [4.69, 9.17) is 11.6 Å². The van der Waals surface area contributed by atoms with Gasteiger partial charge >= 0.3 is 0 Å². The van der Waals surface area contributed by atoms with Crippen molar-refractivity contribution in [1.82, 2.24) is 29.4 Å². The molecule has 1 aromatic carbocycles. The van der Waals surface area contributed by atoms with Gasteiger partial charge < -0.3 is 4.90 Å². The average Bonchev–Trinajstić information content (AvgIpc) is 3.33. The lowest BCUT2D eigenvalue weighted by Crippen LogP contribution is -2.34. The summed E-state index contributed by atoms with van der Waals surface area (Å²) in [5, 5.41) is 9.28. The van der Waals surface area contributed by atoms with Crippen LogP contribution in [0.3, 0.4) is 0 Å².